The fourth-order valence-electron chi connectivity index (χ4n) is 0.831. The summed E-state index contributed by atoms with van der Waals surface area (Å²) in [4.78, 5) is 11.3. The van der Waals surface area contributed by atoms with E-state index in [1.54, 1.807) is 0 Å². The molecule has 1 rings (SSSR count). The molecule has 0 atom stereocenters. The van der Waals surface area contributed by atoms with Crippen LogP contribution in [0.25, 0.3) is 0 Å². The molecule has 5 heteroatoms. The van der Waals surface area contributed by atoms with Crippen LogP contribution < -0.4 is 4.72 Å². The molecule has 0 saturated heterocycles. The maximum absolute atomic E-state index is 10.2. The van der Waals surface area contributed by atoms with Crippen molar-refractivity contribution in [2.24, 2.45) is 7.05 Å². The summed E-state index contributed by atoms with van der Waals surface area (Å²) in [6.07, 6.45) is 4.07. The first-order chi connectivity index (χ1) is 6.18. The van der Waals surface area contributed by atoms with Gasteiger partial charge in [0.15, 0.2) is 0 Å². The van der Waals surface area contributed by atoms with Gasteiger partial charge in [0.25, 0.3) is 0 Å². The molecule has 1 aromatic heterocycles. The minimum atomic E-state index is -0.777. The lowest BCUT2D eigenvalue weighted by atomic mass is 10.5. The maximum atomic E-state index is 10.2. The topological polar surface area (TPSA) is 54.3 Å². The number of hydrogen-bond donors (Lipinski definition) is 2. The van der Waals surface area contributed by atoms with Gasteiger partial charge in [-0.3, -0.25) is 9.52 Å². The van der Waals surface area contributed by atoms with Gasteiger partial charge in [0.1, 0.15) is 0 Å². The smallest absolute Gasteiger partial charge is 0.304 e. The maximum Gasteiger partial charge on any atom is 0.304 e. The first kappa shape index (κ1) is 10.1. The lowest BCUT2D eigenvalue weighted by Gasteiger charge is -1.98. The minimum absolute atomic E-state index is 0.153. The molecule has 0 radical (unpaired) electrons. The Bertz CT molecular complexity index is 285. The van der Waals surface area contributed by atoms with Crippen molar-refractivity contribution in [2.75, 3.05) is 6.54 Å². The summed E-state index contributed by atoms with van der Waals surface area (Å²) in [5.74, 6) is -0.777. The van der Waals surface area contributed by atoms with Crippen LogP contribution in [-0.4, -0.2) is 22.2 Å². The van der Waals surface area contributed by atoms with E-state index in [9.17, 15) is 4.79 Å². The minimum Gasteiger partial charge on any atom is -0.481 e. The first-order valence-electron chi connectivity index (χ1n) is 3.92. The molecule has 0 unspecified atom stereocenters. The number of nitrogens with one attached hydrogen (secondary N) is 1. The molecule has 0 fully saturated rings. The van der Waals surface area contributed by atoms with E-state index in [1.807, 2.05) is 30.1 Å². The van der Waals surface area contributed by atoms with Gasteiger partial charge in [0, 0.05) is 30.9 Å². The second kappa shape index (κ2) is 4.94. The van der Waals surface area contributed by atoms with Gasteiger partial charge in [-0.15, -0.1) is 0 Å². The Morgan fingerprint density at radius 1 is 1.77 bits per heavy atom. The predicted molar refractivity (Wildman–Crippen MR) is 51.5 cm³/mol. The summed E-state index contributed by atoms with van der Waals surface area (Å²) in [6, 6.07) is 1.97. The Labute approximate surface area is 81.1 Å². The van der Waals surface area contributed by atoms with Gasteiger partial charge >= 0.3 is 5.97 Å². The van der Waals surface area contributed by atoms with Crippen molar-refractivity contribution in [1.82, 2.24) is 9.29 Å². The van der Waals surface area contributed by atoms with Gasteiger partial charge in [-0.25, -0.2) is 0 Å². The van der Waals surface area contributed by atoms with Crippen LogP contribution in [0.15, 0.2) is 23.4 Å². The Hall–Kier alpha value is -0.940. The molecule has 0 amide bonds. The van der Waals surface area contributed by atoms with E-state index in [0.717, 1.165) is 4.90 Å². The van der Waals surface area contributed by atoms with Crippen molar-refractivity contribution in [3.8, 4) is 0 Å². The number of hydrogen-bond acceptors (Lipinski definition) is 3. The second-order valence-corrected chi connectivity index (χ2v) is 3.62. The van der Waals surface area contributed by atoms with Crippen molar-refractivity contribution < 1.29 is 9.90 Å². The molecular formula is C8H12N2O2S. The number of carbonyl (C=O) groups is 1. The SMILES string of the molecule is Cn1ccc(SNCCC(=O)O)c1. The highest BCUT2D eigenvalue weighted by Crippen LogP contribution is 2.13. The summed E-state index contributed by atoms with van der Waals surface area (Å²) in [5.41, 5.74) is 0. The van der Waals surface area contributed by atoms with Crippen LogP contribution in [0, 0.1) is 0 Å². The van der Waals surface area contributed by atoms with Crippen molar-refractivity contribution >= 4 is 17.9 Å². The zero-order valence-electron chi connectivity index (χ0n) is 7.36. The van der Waals surface area contributed by atoms with Crippen LogP contribution >= 0.6 is 11.9 Å². The van der Waals surface area contributed by atoms with Gasteiger partial charge < -0.3 is 9.67 Å². The fraction of sp³-hybridized carbons (Fsp3) is 0.375. The molecule has 4 nitrogen and oxygen atoms in total. The highest BCUT2D eigenvalue weighted by molar-refractivity contribution is 7.97. The molecule has 0 spiro atoms. The van der Waals surface area contributed by atoms with E-state index in [1.165, 1.54) is 11.9 Å². The number of aryl methyl sites for hydroxylation is 1. The zero-order chi connectivity index (χ0) is 9.68. The molecule has 0 aliphatic carbocycles. The summed E-state index contributed by atoms with van der Waals surface area (Å²) < 4.78 is 4.91. The molecule has 72 valence electrons. The second-order valence-electron chi connectivity index (χ2n) is 2.65. The van der Waals surface area contributed by atoms with Gasteiger partial charge in [-0.05, 0) is 18.0 Å². The standard InChI is InChI=1S/C8H12N2O2S/c1-10-5-3-7(6-10)13-9-4-2-8(11)12/h3,5-6,9H,2,4H2,1H3,(H,11,12). The highest BCUT2D eigenvalue weighted by atomic mass is 32.2. The van der Waals surface area contributed by atoms with E-state index in [-0.39, 0.29) is 6.42 Å². The van der Waals surface area contributed by atoms with Crippen LogP contribution in [0.2, 0.25) is 0 Å². The lowest BCUT2D eigenvalue weighted by Crippen LogP contribution is -2.10. The van der Waals surface area contributed by atoms with Gasteiger partial charge in [-0.1, -0.05) is 0 Å². The largest absolute Gasteiger partial charge is 0.481 e. The normalized spacial score (nSPS) is 10.2. The molecule has 13 heavy (non-hydrogen) atoms. The van der Waals surface area contributed by atoms with Gasteiger partial charge in [-0.2, -0.15) is 0 Å². The molecule has 0 aliphatic rings. The van der Waals surface area contributed by atoms with Crippen LogP contribution in [0.4, 0.5) is 0 Å². The summed E-state index contributed by atoms with van der Waals surface area (Å²) in [6.45, 7) is 0.481. The molecule has 0 saturated carbocycles. The number of carboxylic acid groups (broad SMARTS) is 1. The van der Waals surface area contributed by atoms with E-state index < -0.39 is 5.97 Å². The molecule has 1 aromatic rings. The van der Waals surface area contributed by atoms with E-state index >= 15 is 0 Å². The van der Waals surface area contributed by atoms with Crippen LogP contribution in [-0.2, 0) is 11.8 Å². The molecule has 0 aromatic carbocycles. The lowest BCUT2D eigenvalue weighted by molar-refractivity contribution is -0.136. The van der Waals surface area contributed by atoms with E-state index in [0.29, 0.717) is 6.54 Å². The molecular weight excluding hydrogens is 188 g/mol. The van der Waals surface area contributed by atoms with E-state index in [2.05, 4.69) is 4.72 Å². The van der Waals surface area contributed by atoms with E-state index in [4.69, 9.17) is 5.11 Å². The number of carboxylic acids is 1. The van der Waals surface area contributed by atoms with Crippen molar-refractivity contribution in [2.45, 2.75) is 11.3 Å². The third-order valence-corrected chi connectivity index (χ3v) is 2.26. The fourth-order valence-corrected chi connectivity index (χ4v) is 1.55. The van der Waals surface area contributed by atoms with Crippen molar-refractivity contribution in [1.29, 1.82) is 0 Å². The number of aromatic nitrogens is 1. The third kappa shape index (κ3) is 4.00. The Balaban J connectivity index is 2.16. The van der Waals surface area contributed by atoms with Crippen LogP contribution in [0.1, 0.15) is 6.42 Å². The molecule has 1 heterocycles. The van der Waals surface area contributed by atoms with Gasteiger partial charge in [0.2, 0.25) is 0 Å². The highest BCUT2D eigenvalue weighted by Gasteiger charge is 1.97. The average molecular weight is 200 g/mol. The number of aliphatic carboxylic acids is 1. The zero-order valence-corrected chi connectivity index (χ0v) is 8.17. The third-order valence-electron chi connectivity index (χ3n) is 1.44. The molecule has 0 bridgehead atoms. The first-order valence-corrected chi connectivity index (χ1v) is 4.73. The Morgan fingerprint density at radius 3 is 3.08 bits per heavy atom. The Morgan fingerprint density at radius 2 is 2.54 bits per heavy atom. The molecule has 0 aliphatic heterocycles. The number of nitrogens with zero attached hydrogens (tertiary/aromatic N) is 1. The Kier molecular flexibility index (Phi) is 3.85. The summed E-state index contributed by atoms with van der Waals surface area (Å²) in [5, 5.41) is 8.36. The summed E-state index contributed by atoms with van der Waals surface area (Å²) >= 11 is 1.45. The molecule has 2 N–H and O–H groups in total. The number of rotatable bonds is 5. The monoisotopic (exact) mass is 200 g/mol. The van der Waals surface area contributed by atoms with Crippen molar-refractivity contribution in [3.05, 3.63) is 18.5 Å². The predicted octanol–water partition coefficient (Wildman–Crippen LogP) is 1.10. The van der Waals surface area contributed by atoms with Gasteiger partial charge in [0.05, 0.1) is 6.42 Å². The summed E-state index contributed by atoms with van der Waals surface area (Å²) in [7, 11) is 1.95. The van der Waals surface area contributed by atoms with Crippen LogP contribution in [0.3, 0.4) is 0 Å². The van der Waals surface area contributed by atoms with Crippen molar-refractivity contribution in [3.63, 3.8) is 0 Å². The quantitative estimate of drug-likeness (QED) is 0.552. The van der Waals surface area contributed by atoms with Crippen LogP contribution in [0.5, 0.6) is 0 Å². The average Bonchev–Trinajstić information content (AvgIpc) is 2.45.